The van der Waals surface area contributed by atoms with Crippen LogP contribution >= 0.6 is 0 Å². The molecule has 5 heteroatoms. The molecule has 0 unspecified atom stereocenters. The van der Waals surface area contributed by atoms with Crippen LogP contribution in [-0.4, -0.2) is 27.8 Å². The molecule has 1 aromatic carbocycles. The first-order chi connectivity index (χ1) is 15.3. The molecule has 0 spiro atoms. The lowest BCUT2D eigenvalue weighted by Gasteiger charge is -2.17. The van der Waals surface area contributed by atoms with Gasteiger partial charge in [0.25, 0.3) is 5.91 Å². The van der Waals surface area contributed by atoms with Crippen molar-refractivity contribution >= 4 is 22.6 Å². The fourth-order valence-corrected chi connectivity index (χ4v) is 4.48. The summed E-state index contributed by atoms with van der Waals surface area (Å²) in [6.45, 7) is 10.4. The number of aryl methyl sites for hydroxylation is 1. The van der Waals surface area contributed by atoms with Gasteiger partial charge in [0.2, 0.25) is 0 Å². The van der Waals surface area contributed by atoms with Crippen molar-refractivity contribution in [3.05, 3.63) is 76.8 Å². The summed E-state index contributed by atoms with van der Waals surface area (Å²) in [7, 11) is 0. The zero-order chi connectivity index (χ0) is 23.0. The average Bonchev–Trinajstić information content (AvgIpc) is 3.09. The lowest BCUT2D eigenvalue weighted by molar-refractivity contribution is -0.115. The normalized spacial score (nSPS) is 14.3. The average molecular weight is 428 g/mol. The fourth-order valence-electron chi connectivity index (χ4n) is 4.48. The van der Waals surface area contributed by atoms with E-state index in [9.17, 15) is 9.59 Å². The van der Waals surface area contributed by atoms with Gasteiger partial charge in [-0.3, -0.25) is 14.6 Å². The minimum absolute atomic E-state index is 0.0826. The quantitative estimate of drug-likeness (QED) is 0.580. The highest BCUT2D eigenvalue weighted by Gasteiger charge is 2.21. The first-order valence-corrected chi connectivity index (χ1v) is 11.0. The van der Waals surface area contributed by atoms with Gasteiger partial charge in [0, 0.05) is 65.2 Å². The first kappa shape index (κ1) is 21.8. The summed E-state index contributed by atoms with van der Waals surface area (Å²) < 4.78 is 2.20. The molecule has 1 amide bonds. The van der Waals surface area contributed by atoms with Crippen molar-refractivity contribution in [1.82, 2.24) is 14.9 Å². The van der Waals surface area contributed by atoms with Crippen LogP contribution in [0.5, 0.6) is 0 Å². The molecule has 164 valence electrons. The Morgan fingerprint density at radius 2 is 1.97 bits per heavy atom. The van der Waals surface area contributed by atoms with Crippen LogP contribution in [0.25, 0.3) is 22.0 Å². The van der Waals surface area contributed by atoms with E-state index >= 15 is 0 Å². The fraction of sp³-hybridized carbons (Fsp3) is 0.296. The molecule has 0 atom stereocenters. The van der Waals surface area contributed by atoms with Crippen LogP contribution < -0.4 is 5.32 Å². The maximum absolute atomic E-state index is 13.4. The highest BCUT2D eigenvalue weighted by atomic mass is 16.2. The molecule has 1 aliphatic rings. The second-order valence-corrected chi connectivity index (χ2v) is 8.91. The van der Waals surface area contributed by atoms with Crippen molar-refractivity contribution in [3.63, 3.8) is 0 Å². The summed E-state index contributed by atoms with van der Waals surface area (Å²) in [5.41, 5.74) is 7.25. The van der Waals surface area contributed by atoms with Crippen LogP contribution in [-0.2, 0) is 4.79 Å². The zero-order valence-corrected chi connectivity index (χ0v) is 19.3. The Balaban J connectivity index is 1.78. The Morgan fingerprint density at radius 1 is 1.19 bits per heavy atom. The van der Waals surface area contributed by atoms with Crippen LogP contribution in [0, 0.1) is 6.92 Å². The molecular formula is C27H29N3O2. The largest absolute Gasteiger partial charge is 0.348 e. The molecule has 32 heavy (non-hydrogen) atoms. The summed E-state index contributed by atoms with van der Waals surface area (Å²) in [6.07, 6.45) is 8.09. The maximum Gasteiger partial charge on any atom is 0.252 e. The van der Waals surface area contributed by atoms with E-state index in [-0.39, 0.29) is 24.3 Å². The summed E-state index contributed by atoms with van der Waals surface area (Å²) in [5.74, 6) is -0.0936. The molecule has 2 aromatic heterocycles. The third kappa shape index (κ3) is 4.03. The smallest absolute Gasteiger partial charge is 0.252 e. The summed E-state index contributed by atoms with van der Waals surface area (Å²) >= 11 is 0. The van der Waals surface area contributed by atoms with Gasteiger partial charge >= 0.3 is 0 Å². The monoisotopic (exact) mass is 427 g/mol. The van der Waals surface area contributed by atoms with Gasteiger partial charge in [-0.2, -0.15) is 0 Å². The van der Waals surface area contributed by atoms with E-state index in [1.807, 2.05) is 51.2 Å². The van der Waals surface area contributed by atoms with E-state index in [0.717, 1.165) is 38.7 Å². The highest BCUT2D eigenvalue weighted by Crippen LogP contribution is 2.32. The Kier molecular flexibility index (Phi) is 5.83. The molecular weight excluding hydrogens is 398 g/mol. The molecule has 0 saturated heterocycles. The lowest BCUT2D eigenvalue weighted by Crippen LogP contribution is -2.29. The maximum atomic E-state index is 13.4. The molecule has 0 aliphatic heterocycles. The van der Waals surface area contributed by atoms with Crippen molar-refractivity contribution in [3.8, 4) is 11.1 Å². The van der Waals surface area contributed by atoms with Gasteiger partial charge in [0.05, 0.1) is 0 Å². The second-order valence-electron chi connectivity index (χ2n) is 8.91. The molecule has 3 aromatic rings. The van der Waals surface area contributed by atoms with E-state index in [1.165, 1.54) is 0 Å². The minimum atomic E-state index is -0.176. The predicted molar refractivity (Wildman–Crippen MR) is 129 cm³/mol. The van der Waals surface area contributed by atoms with E-state index in [1.54, 1.807) is 6.20 Å². The number of hydrogen-bond acceptors (Lipinski definition) is 3. The van der Waals surface area contributed by atoms with E-state index < -0.39 is 0 Å². The predicted octanol–water partition coefficient (Wildman–Crippen LogP) is 5.56. The minimum Gasteiger partial charge on any atom is -0.348 e. The molecule has 0 bridgehead atoms. The van der Waals surface area contributed by atoms with Crippen molar-refractivity contribution in [2.75, 3.05) is 6.54 Å². The Bertz CT molecular complexity index is 1280. The number of carbonyl (C=O) groups excluding carboxylic acids is 2. The van der Waals surface area contributed by atoms with Crippen molar-refractivity contribution in [2.24, 2.45) is 0 Å². The molecule has 1 N–H and O–H groups in total. The number of nitrogens with one attached hydrogen (secondary N) is 1. The number of amides is 1. The highest BCUT2D eigenvalue weighted by molar-refractivity contribution is 6.10. The number of hydrogen-bond donors (Lipinski definition) is 1. The van der Waals surface area contributed by atoms with Crippen LogP contribution in [0.1, 0.15) is 56.1 Å². The van der Waals surface area contributed by atoms with Crippen molar-refractivity contribution in [1.29, 1.82) is 0 Å². The first-order valence-electron chi connectivity index (χ1n) is 11.0. The van der Waals surface area contributed by atoms with Gasteiger partial charge < -0.3 is 9.88 Å². The van der Waals surface area contributed by atoms with Gasteiger partial charge in [0.1, 0.15) is 0 Å². The van der Waals surface area contributed by atoms with Crippen molar-refractivity contribution in [2.45, 2.75) is 47.1 Å². The SMILES string of the molecule is CC1=CC(C)=C(CNC(=O)c2cc(-c3cccnc3)cc3c2c(C)cn3C(C)C)C(=O)C1. The number of benzene rings is 1. The number of nitrogens with zero attached hydrogens (tertiary/aromatic N) is 2. The number of aromatic nitrogens is 2. The standard InChI is InChI=1S/C27H29N3O2/c1-16(2)30-15-19(5)26-22(11-21(12-24(26)30)20-7-6-8-28-13-20)27(32)29-14-23-18(4)9-17(3)10-25(23)31/h6-9,11-13,15-16H,10,14H2,1-5H3,(H,29,32). The number of carbonyl (C=O) groups is 2. The number of pyridine rings is 1. The Hall–Kier alpha value is -3.47. The zero-order valence-electron chi connectivity index (χ0n) is 19.3. The number of Topliss-reactive ketones (excluding diaryl/α,β-unsaturated/α-hetero) is 1. The van der Waals surface area contributed by atoms with E-state index in [4.69, 9.17) is 0 Å². The summed E-state index contributed by atoms with van der Waals surface area (Å²) in [5, 5.41) is 3.95. The van der Waals surface area contributed by atoms with Gasteiger partial charge in [-0.05, 0) is 69.5 Å². The van der Waals surface area contributed by atoms with Crippen LogP contribution in [0.4, 0.5) is 0 Å². The molecule has 2 heterocycles. The molecule has 4 rings (SSSR count). The van der Waals surface area contributed by atoms with E-state index in [2.05, 4.69) is 41.0 Å². The summed E-state index contributed by atoms with van der Waals surface area (Å²) in [6, 6.07) is 8.20. The van der Waals surface area contributed by atoms with E-state index in [0.29, 0.717) is 17.6 Å². The van der Waals surface area contributed by atoms with Gasteiger partial charge in [-0.25, -0.2) is 0 Å². The third-order valence-corrected chi connectivity index (χ3v) is 6.06. The third-order valence-electron chi connectivity index (χ3n) is 6.06. The topological polar surface area (TPSA) is 64.0 Å². The Morgan fingerprint density at radius 3 is 2.62 bits per heavy atom. The lowest BCUT2D eigenvalue weighted by atomic mass is 9.92. The van der Waals surface area contributed by atoms with Gasteiger partial charge in [-0.1, -0.05) is 17.7 Å². The number of fused-ring (bicyclic) bond motifs is 1. The molecule has 1 aliphatic carbocycles. The van der Waals surface area contributed by atoms with Gasteiger partial charge in [-0.15, -0.1) is 0 Å². The number of rotatable bonds is 5. The van der Waals surface area contributed by atoms with Crippen LogP contribution in [0.2, 0.25) is 0 Å². The van der Waals surface area contributed by atoms with Gasteiger partial charge in [0.15, 0.2) is 5.78 Å². The van der Waals surface area contributed by atoms with Crippen LogP contribution in [0.15, 0.2) is 65.7 Å². The number of ketones is 1. The van der Waals surface area contributed by atoms with Crippen molar-refractivity contribution < 1.29 is 9.59 Å². The molecule has 0 saturated carbocycles. The number of allylic oxidation sites excluding steroid dienone is 3. The second kappa shape index (κ2) is 8.58. The summed E-state index contributed by atoms with van der Waals surface area (Å²) in [4.78, 5) is 30.1. The Labute approximate surface area is 188 Å². The molecule has 0 radical (unpaired) electrons. The molecule has 0 fully saturated rings. The molecule has 5 nitrogen and oxygen atoms in total. The van der Waals surface area contributed by atoms with Crippen LogP contribution in [0.3, 0.4) is 0 Å².